The van der Waals surface area contributed by atoms with E-state index in [-0.39, 0.29) is 5.97 Å². The van der Waals surface area contributed by atoms with Crippen LogP contribution in [0.2, 0.25) is 0 Å². The Morgan fingerprint density at radius 3 is 1.45 bits per heavy atom. The van der Waals surface area contributed by atoms with Crippen LogP contribution in [0.4, 0.5) is 0 Å². The van der Waals surface area contributed by atoms with Gasteiger partial charge in [0.25, 0.3) is 0 Å². The molecule has 0 saturated carbocycles. The zero-order valence-electron chi connectivity index (χ0n) is 19.9. The lowest BCUT2D eigenvalue weighted by Crippen LogP contribution is -2.05. The van der Waals surface area contributed by atoms with Crippen molar-refractivity contribution in [2.24, 2.45) is 0 Å². The first-order valence-electron chi connectivity index (χ1n) is 12.1. The van der Waals surface area contributed by atoms with Crippen molar-refractivity contribution in [2.75, 3.05) is 13.2 Å². The molecule has 0 heterocycles. The fraction of sp³-hybridized carbons (Fsp3) is 0.808. The van der Waals surface area contributed by atoms with Crippen molar-refractivity contribution >= 4 is 5.97 Å². The Bertz CT molecular complexity index is 363. The highest BCUT2D eigenvalue weighted by Crippen LogP contribution is 2.10. The van der Waals surface area contributed by atoms with Crippen LogP contribution in [-0.4, -0.2) is 19.2 Å². The van der Waals surface area contributed by atoms with Crippen molar-refractivity contribution in [3.8, 4) is 0 Å². The number of esters is 1. The van der Waals surface area contributed by atoms with E-state index < -0.39 is 0 Å². The second kappa shape index (κ2) is 26.8. The molecule has 0 spiro atoms. The van der Waals surface area contributed by atoms with Gasteiger partial charge in [-0.2, -0.15) is 0 Å². The first kappa shape index (κ1) is 29.9. The average Bonchev–Trinajstić information content (AvgIpc) is 2.71. The van der Waals surface area contributed by atoms with E-state index in [1.54, 1.807) is 6.92 Å². The van der Waals surface area contributed by atoms with E-state index in [4.69, 9.17) is 9.47 Å². The molecule has 29 heavy (non-hydrogen) atoms. The van der Waals surface area contributed by atoms with Gasteiger partial charge in [0.2, 0.25) is 0 Å². The van der Waals surface area contributed by atoms with Crippen molar-refractivity contribution in [1.82, 2.24) is 0 Å². The summed E-state index contributed by atoms with van der Waals surface area (Å²) < 4.78 is 10.0. The standard InChI is InChI=1S/C16H30O2.C10H20O/c1-4-5-6-7-8-9-10-11-12-13-14-18-16(17)15(2)3;1-3-5-6-7-8-9-10-11-4-2/h2,4-14H2,1,3H3;4H,2-3,5-10H2,1H3. The zero-order valence-corrected chi connectivity index (χ0v) is 19.9. The predicted octanol–water partition coefficient (Wildman–Crippen LogP) is 8.53. The molecule has 172 valence electrons. The molecule has 0 unspecified atom stereocenters. The largest absolute Gasteiger partial charge is 0.502 e. The van der Waals surface area contributed by atoms with Crippen molar-refractivity contribution in [3.63, 3.8) is 0 Å². The van der Waals surface area contributed by atoms with Crippen molar-refractivity contribution in [1.29, 1.82) is 0 Å². The monoisotopic (exact) mass is 410 g/mol. The molecule has 0 N–H and O–H groups in total. The lowest BCUT2D eigenvalue weighted by Gasteiger charge is -2.04. The number of carbonyl (C=O) groups excluding carboxylic acids is 1. The highest BCUT2D eigenvalue weighted by atomic mass is 16.5. The Morgan fingerprint density at radius 2 is 1.07 bits per heavy atom. The molecule has 0 radical (unpaired) electrons. The highest BCUT2D eigenvalue weighted by Gasteiger charge is 2.01. The molecule has 0 saturated heterocycles. The lowest BCUT2D eigenvalue weighted by molar-refractivity contribution is -0.139. The van der Waals surface area contributed by atoms with Crippen molar-refractivity contribution in [2.45, 2.75) is 124 Å². The van der Waals surface area contributed by atoms with Gasteiger partial charge < -0.3 is 9.47 Å². The van der Waals surface area contributed by atoms with E-state index in [1.165, 1.54) is 103 Å². The van der Waals surface area contributed by atoms with Crippen molar-refractivity contribution in [3.05, 3.63) is 25.0 Å². The molecule has 0 aliphatic rings. The van der Waals surface area contributed by atoms with Crippen LogP contribution < -0.4 is 0 Å². The summed E-state index contributed by atoms with van der Waals surface area (Å²) in [5.41, 5.74) is 0.488. The van der Waals surface area contributed by atoms with Gasteiger partial charge in [0.15, 0.2) is 0 Å². The first-order valence-corrected chi connectivity index (χ1v) is 12.1. The summed E-state index contributed by atoms with van der Waals surface area (Å²) in [6.07, 6.45) is 22.4. The summed E-state index contributed by atoms with van der Waals surface area (Å²) in [6, 6.07) is 0. The molecule has 0 atom stereocenters. The Kier molecular flexibility index (Phi) is 27.6. The van der Waals surface area contributed by atoms with E-state index in [0.717, 1.165) is 13.0 Å². The predicted molar refractivity (Wildman–Crippen MR) is 127 cm³/mol. The Labute approximate surface area is 182 Å². The van der Waals surface area contributed by atoms with E-state index >= 15 is 0 Å². The minimum absolute atomic E-state index is 0.258. The minimum atomic E-state index is -0.258. The van der Waals surface area contributed by atoms with Gasteiger partial charge in [-0.3, -0.25) is 0 Å². The van der Waals surface area contributed by atoms with E-state index in [1.807, 2.05) is 0 Å². The highest BCUT2D eigenvalue weighted by molar-refractivity contribution is 5.86. The number of carbonyl (C=O) groups is 1. The number of hydrogen-bond acceptors (Lipinski definition) is 3. The molecule has 0 amide bonds. The van der Waals surface area contributed by atoms with E-state index in [9.17, 15) is 4.79 Å². The molecular formula is C26H50O3. The smallest absolute Gasteiger partial charge is 0.333 e. The molecule has 3 nitrogen and oxygen atoms in total. The molecule has 0 aromatic carbocycles. The van der Waals surface area contributed by atoms with Gasteiger partial charge in [0, 0.05) is 5.57 Å². The third-order valence-corrected chi connectivity index (χ3v) is 4.81. The zero-order chi connectivity index (χ0) is 22.0. The maximum atomic E-state index is 11.1. The summed E-state index contributed by atoms with van der Waals surface area (Å²) in [5.74, 6) is -0.258. The maximum absolute atomic E-state index is 11.1. The molecule has 0 aliphatic carbocycles. The summed E-state index contributed by atoms with van der Waals surface area (Å²) in [5, 5.41) is 0. The minimum Gasteiger partial charge on any atom is -0.502 e. The van der Waals surface area contributed by atoms with E-state index in [0.29, 0.717) is 12.2 Å². The van der Waals surface area contributed by atoms with Gasteiger partial charge in [0.1, 0.15) is 0 Å². The van der Waals surface area contributed by atoms with Gasteiger partial charge in [-0.05, 0) is 19.8 Å². The first-order chi connectivity index (χ1) is 14.1. The molecular weight excluding hydrogens is 360 g/mol. The lowest BCUT2D eigenvalue weighted by atomic mass is 10.1. The van der Waals surface area contributed by atoms with Crippen LogP contribution >= 0.6 is 0 Å². The van der Waals surface area contributed by atoms with Crippen LogP contribution in [0.25, 0.3) is 0 Å². The Balaban J connectivity index is 0. The van der Waals surface area contributed by atoms with Gasteiger partial charge in [0.05, 0.1) is 19.5 Å². The fourth-order valence-corrected chi connectivity index (χ4v) is 2.93. The maximum Gasteiger partial charge on any atom is 0.333 e. The Morgan fingerprint density at radius 1 is 0.690 bits per heavy atom. The summed E-state index contributed by atoms with van der Waals surface area (Å²) in [7, 11) is 0. The SMILES string of the molecule is C=C(C)C(=O)OCCCCCCCCCCCC.C=COCCCCCCCC. The van der Waals surface area contributed by atoms with Gasteiger partial charge >= 0.3 is 5.97 Å². The van der Waals surface area contributed by atoms with Crippen LogP contribution in [-0.2, 0) is 14.3 Å². The van der Waals surface area contributed by atoms with Gasteiger partial charge in [-0.15, -0.1) is 0 Å². The molecule has 0 aromatic rings. The summed E-state index contributed by atoms with van der Waals surface area (Å²) in [6.45, 7) is 14.6. The Hall–Kier alpha value is -1.25. The van der Waals surface area contributed by atoms with Crippen LogP contribution in [0.5, 0.6) is 0 Å². The molecule has 0 rings (SSSR count). The molecule has 0 aliphatic heterocycles. The number of ether oxygens (including phenoxy) is 2. The van der Waals surface area contributed by atoms with E-state index in [2.05, 4.69) is 27.0 Å². The number of rotatable bonds is 20. The normalized spacial score (nSPS) is 10.0. The van der Waals surface area contributed by atoms with Gasteiger partial charge in [-0.25, -0.2) is 4.79 Å². The third kappa shape index (κ3) is 29.1. The van der Waals surface area contributed by atoms with Crippen LogP contribution in [0.1, 0.15) is 124 Å². The van der Waals surface area contributed by atoms with Crippen molar-refractivity contribution < 1.29 is 14.3 Å². The van der Waals surface area contributed by atoms with Crippen LogP contribution in [0.15, 0.2) is 25.0 Å². The van der Waals surface area contributed by atoms with Gasteiger partial charge in [-0.1, -0.05) is 117 Å². The summed E-state index contributed by atoms with van der Waals surface area (Å²) in [4.78, 5) is 11.1. The third-order valence-electron chi connectivity index (χ3n) is 4.81. The van der Waals surface area contributed by atoms with Crippen LogP contribution in [0, 0.1) is 0 Å². The second-order valence-corrected chi connectivity index (χ2v) is 7.90. The quantitative estimate of drug-likeness (QED) is 0.0872. The van der Waals surface area contributed by atoms with Crippen LogP contribution in [0.3, 0.4) is 0 Å². The number of hydrogen-bond donors (Lipinski definition) is 0. The summed E-state index contributed by atoms with van der Waals surface area (Å²) >= 11 is 0. The molecule has 0 fully saturated rings. The topological polar surface area (TPSA) is 35.5 Å². The second-order valence-electron chi connectivity index (χ2n) is 7.90. The average molecular weight is 411 g/mol. The molecule has 0 aromatic heterocycles. The molecule has 0 bridgehead atoms. The fourth-order valence-electron chi connectivity index (χ4n) is 2.93. The number of unbranched alkanes of at least 4 members (excludes halogenated alkanes) is 14. The molecule has 3 heteroatoms.